The highest BCUT2D eigenvalue weighted by Gasteiger charge is 2.08. The number of hydrogen-bond donors (Lipinski definition) is 0. The summed E-state index contributed by atoms with van der Waals surface area (Å²) in [5, 5.41) is 0.0758. The Hall–Kier alpha value is -1.46. The van der Waals surface area contributed by atoms with E-state index < -0.39 is 0 Å². The molecule has 1 aromatic heterocycles. The van der Waals surface area contributed by atoms with Crippen LogP contribution in [0.3, 0.4) is 0 Å². The van der Waals surface area contributed by atoms with Crippen LogP contribution in [0.5, 0.6) is 0 Å². The Bertz CT molecular complexity index is 527. The van der Waals surface area contributed by atoms with Crippen LogP contribution in [-0.2, 0) is 6.54 Å². The van der Waals surface area contributed by atoms with Crippen molar-refractivity contribution in [2.24, 2.45) is 0 Å². The lowest BCUT2D eigenvalue weighted by atomic mass is 10.2. The molecule has 0 aliphatic carbocycles. The van der Waals surface area contributed by atoms with Crippen LogP contribution < -0.4 is 4.90 Å². The predicted octanol–water partition coefficient (Wildman–Crippen LogP) is 2.95. The molecular formula is C11H9Cl2FN4. The van der Waals surface area contributed by atoms with Gasteiger partial charge in [0.25, 0.3) is 0 Å². The van der Waals surface area contributed by atoms with Gasteiger partial charge in [0.1, 0.15) is 5.82 Å². The normalized spacial score (nSPS) is 10.4. The van der Waals surface area contributed by atoms with Crippen LogP contribution in [0.2, 0.25) is 10.6 Å². The zero-order valence-corrected chi connectivity index (χ0v) is 11.0. The summed E-state index contributed by atoms with van der Waals surface area (Å²) >= 11 is 11.4. The average Bonchev–Trinajstić information content (AvgIpc) is 2.31. The molecule has 0 saturated carbocycles. The predicted molar refractivity (Wildman–Crippen MR) is 68.4 cm³/mol. The molecule has 0 N–H and O–H groups in total. The van der Waals surface area contributed by atoms with E-state index in [1.54, 1.807) is 24.1 Å². The van der Waals surface area contributed by atoms with Crippen LogP contribution >= 0.6 is 23.2 Å². The highest BCUT2D eigenvalue weighted by molar-refractivity contribution is 6.31. The lowest BCUT2D eigenvalue weighted by Gasteiger charge is -2.16. The molecule has 0 unspecified atom stereocenters. The summed E-state index contributed by atoms with van der Waals surface area (Å²) in [6.07, 6.45) is 0. The molecule has 1 aromatic carbocycles. The first kappa shape index (κ1) is 13.0. The van der Waals surface area contributed by atoms with Gasteiger partial charge in [0, 0.05) is 13.6 Å². The summed E-state index contributed by atoms with van der Waals surface area (Å²) in [7, 11) is 1.78. The monoisotopic (exact) mass is 286 g/mol. The second-order valence-corrected chi connectivity index (χ2v) is 4.33. The van der Waals surface area contributed by atoms with Crippen molar-refractivity contribution in [3.05, 3.63) is 46.2 Å². The van der Waals surface area contributed by atoms with E-state index in [4.69, 9.17) is 23.2 Å². The highest BCUT2D eigenvalue weighted by atomic mass is 35.5. The van der Waals surface area contributed by atoms with E-state index in [1.165, 1.54) is 12.1 Å². The lowest BCUT2D eigenvalue weighted by molar-refractivity contribution is 0.627. The highest BCUT2D eigenvalue weighted by Crippen LogP contribution is 2.15. The minimum absolute atomic E-state index is 0.0379. The summed E-state index contributed by atoms with van der Waals surface area (Å²) in [5.41, 5.74) is 0.923. The van der Waals surface area contributed by atoms with Crippen LogP contribution in [0.4, 0.5) is 10.3 Å². The molecule has 4 nitrogen and oxygen atoms in total. The third-order valence-corrected chi connectivity index (χ3v) is 2.58. The van der Waals surface area contributed by atoms with Gasteiger partial charge in [-0.25, -0.2) is 4.39 Å². The van der Waals surface area contributed by atoms with Crippen LogP contribution in [0.25, 0.3) is 0 Å². The standard InChI is InChI=1S/C11H9Cl2FN4/c1-18(6-7-2-4-8(14)5-3-7)11-16-9(12)15-10(13)17-11/h2-5H,6H2,1H3. The summed E-state index contributed by atoms with van der Waals surface area (Å²) < 4.78 is 12.8. The Kier molecular flexibility index (Phi) is 3.93. The zero-order valence-electron chi connectivity index (χ0n) is 9.44. The summed E-state index contributed by atoms with van der Waals surface area (Å²) in [6, 6.07) is 6.18. The molecule has 0 fully saturated rings. The van der Waals surface area contributed by atoms with Gasteiger partial charge >= 0.3 is 0 Å². The van der Waals surface area contributed by atoms with Crippen molar-refractivity contribution in [2.75, 3.05) is 11.9 Å². The number of hydrogen-bond acceptors (Lipinski definition) is 4. The van der Waals surface area contributed by atoms with Crippen molar-refractivity contribution in [3.8, 4) is 0 Å². The molecule has 18 heavy (non-hydrogen) atoms. The second-order valence-electron chi connectivity index (χ2n) is 3.66. The second kappa shape index (κ2) is 5.46. The van der Waals surface area contributed by atoms with E-state index in [2.05, 4.69) is 15.0 Å². The third-order valence-electron chi connectivity index (χ3n) is 2.24. The van der Waals surface area contributed by atoms with Crippen molar-refractivity contribution in [1.29, 1.82) is 0 Å². The number of halogens is 3. The minimum Gasteiger partial charge on any atom is -0.339 e. The van der Waals surface area contributed by atoms with Gasteiger partial charge in [0.2, 0.25) is 16.5 Å². The molecule has 2 rings (SSSR count). The Labute approximate surface area is 113 Å². The smallest absolute Gasteiger partial charge is 0.231 e. The molecule has 0 saturated heterocycles. The first-order valence-corrected chi connectivity index (χ1v) is 5.83. The third kappa shape index (κ3) is 3.27. The van der Waals surface area contributed by atoms with E-state index >= 15 is 0 Å². The Morgan fingerprint density at radius 2 is 1.61 bits per heavy atom. The molecular weight excluding hydrogens is 278 g/mol. The van der Waals surface area contributed by atoms with E-state index in [1.807, 2.05) is 0 Å². The quantitative estimate of drug-likeness (QED) is 0.870. The SMILES string of the molecule is CN(Cc1ccc(F)cc1)c1nc(Cl)nc(Cl)n1. The first-order chi connectivity index (χ1) is 8.54. The number of aromatic nitrogens is 3. The summed E-state index contributed by atoms with van der Waals surface area (Å²) in [5.74, 6) is 0.0944. The number of anilines is 1. The van der Waals surface area contributed by atoms with Gasteiger partial charge in [-0.1, -0.05) is 12.1 Å². The van der Waals surface area contributed by atoms with Crippen LogP contribution in [0, 0.1) is 5.82 Å². The molecule has 0 spiro atoms. The van der Waals surface area contributed by atoms with Gasteiger partial charge in [-0.3, -0.25) is 0 Å². The summed E-state index contributed by atoms with van der Waals surface area (Å²) in [4.78, 5) is 13.3. The van der Waals surface area contributed by atoms with E-state index in [0.717, 1.165) is 5.56 Å². The number of rotatable bonds is 3. The molecule has 0 atom stereocenters. The van der Waals surface area contributed by atoms with Gasteiger partial charge in [-0.15, -0.1) is 0 Å². The minimum atomic E-state index is -0.271. The zero-order chi connectivity index (χ0) is 13.1. The molecule has 7 heteroatoms. The van der Waals surface area contributed by atoms with Crippen molar-refractivity contribution >= 4 is 29.2 Å². The largest absolute Gasteiger partial charge is 0.339 e. The van der Waals surface area contributed by atoms with Crippen LogP contribution in [-0.4, -0.2) is 22.0 Å². The fraction of sp³-hybridized carbons (Fsp3) is 0.182. The maximum absolute atomic E-state index is 12.8. The fourth-order valence-electron chi connectivity index (χ4n) is 1.42. The van der Waals surface area contributed by atoms with Crippen LogP contribution in [0.1, 0.15) is 5.56 Å². The molecule has 2 aromatic rings. The molecule has 1 heterocycles. The van der Waals surface area contributed by atoms with Gasteiger partial charge in [-0.2, -0.15) is 15.0 Å². The van der Waals surface area contributed by atoms with Gasteiger partial charge < -0.3 is 4.90 Å². The molecule has 0 aliphatic rings. The van der Waals surface area contributed by atoms with E-state index in [0.29, 0.717) is 12.5 Å². The van der Waals surface area contributed by atoms with Crippen molar-refractivity contribution in [3.63, 3.8) is 0 Å². The fourth-order valence-corrected chi connectivity index (χ4v) is 1.78. The van der Waals surface area contributed by atoms with Gasteiger partial charge in [0.05, 0.1) is 0 Å². The lowest BCUT2D eigenvalue weighted by Crippen LogP contribution is -2.19. The van der Waals surface area contributed by atoms with E-state index in [-0.39, 0.29) is 16.4 Å². The maximum atomic E-state index is 12.8. The molecule has 94 valence electrons. The first-order valence-electron chi connectivity index (χ1n) is 5.07. The number of nitrogens with zero attached hydrogens (tertiary/aromatic N) is 4. The Balaban J connectivity index is 2.16. The summed E-state index contributed by atoms with van der Waals surface area (Å²) in [6.45, 7) is 0.511. The molecule has 0 bridgehead atoms. The Morgan fingerprint density at radius 3 is 2.17 bits per heavy atom. The molecule has 0 aliphatic heterocycles. The van der Waals surface area contributed by atoms with Crippen molar-refractivity contribution in [2.45, 2.75) is 6.54 Å². The molecule has 0 radical (unpaired) electrons. The topological polar surface area (TPSA) is 41.9 Å². The van der Waals surface area contributed by atoms with Crippen molar-refractivity contribution < 1.29 is 4.39 Å². The van der Waals surface area contributed by atoms with Gasteiger partial charge in [-0.05, 0) is 40.9 Å². The average molecular weight is 287 g/mol. The van der Waals surface area contributed by atoms with Crippen LogP contribution in [0.15, 0.2) is 24.3 Å². The maximum Gasteiger partial charge on any atom is 0.231 e. The number of benzene rings is 1. The molecule has 0 amide bonds. The van der Waals surface area contributed by atoms with Gasteiger partial charge in [0.15, 0.2) is 0 Å². The van der Waals surface area contributed by atoms with E-state index in [9.17, 15) is 4.39 Å². The Morgan fingerprint density at radius 1 is 1.06 bits per heavy atom. The van der Waals surface area contributed by atoms with Crippen molar-refractivity contribution in [1.82, 2.24) is 15.0 Å².